The minimum absolute atomic E-state index is 0.137. The zero-order valence-corrected chi connectivity index (χ0v) is 11.9. The maximum absolute atomic E-state index is 12.9. The first kappa shape index (κ1) is 14.0. The van der Waals surface area contributed by atoms with Crippen LogP contribution in [0, 0.1) is 11.7 Å². The Balaban J connectivity index is 1.87. The van der Waals surface area contributed by atoms with E-state index in [1.807, 2.05) is 12.1 Å². The standard InChI is InChI=1S/C18H23F/c1-14(2)4-3-5-15-6-8-16(9-7-15)17-10-12-18(19)13-11-17/h3-5,10-13,15-16H,6-9H2,1-2H3. The summed E-state index contributed by atoms with van der Waals surface area (Å²) in [5.74, 6) is 1.20. The fourth-order valence-corrected chi connectivity index (χ4v) is 2.79. The molecule has 19 heavy (non-hydrogen) atoms. The number of rotatable bonds is 3. The highest BCUT2D eigenvalue weighted by atomic mass is 19.1. The summed E-state index contributed by atoms with van der Waals surface area (Å²) in [5.41, 5.74) is 2.64. The molecule has 1 aromatic rings. The molecule has 0 unspecified atom stereocenters. The van der Waals surface area contributed by atoms with Crippen LogP contribution in [-0.2, 0) is 0 Å². The second kappa shape index (κ2) is 6.70. The van der Waals surface area contributed by atoms with Crippen LogP contribution in [0.5, 0.6) is 0 Å². The van der Waals surface area contributed by atoms with Gasteiger partial charge in [0.05, 0.1) is 0 Å². The first-order chi connectivity index (χ1) is 9.15. The lowest BCUT2D eigenvalue weighted by Crippen LogP contribution is -2.11. The van der Waals surface area contributed by atoms with Gasteiger partial charge in [0, 0.05) is 0 Å². The van der Waals surface area contributed by atoms with Crippen LogP contribution in [-0.4, -0.2) is 0 Å². The van der Waals surface area contributed by atoms with Crippen molar-refractivity contribution in [1.82, 2.24) is 0 Å². The Labute approximate surface area is 116 Å². The molecule has 0 amide bonds. The average molecular weight is 258 g/mol. The lowest BCUT2D eigenvalue weighted by atomic mass is 9.78. The molecule has 0 spiro atoms. The van der Waals surface area contributed by atoms with Gasteiger partial charge in [0.15, 0.2) is 0 Å². The van der Waals surface area contributed by atoms with Crippen LogP contribution in [0.25, 0.3) is 0 Å². The van der Waals surface area contributed by atoms with Gasteiger partial charge in [-0.1, -0.05) is 35.9 Å². The molecule has 0 saturated heterocycles. The largest absolute Gasteiger partial charge is 0.207 e. The Hall–Kier alpha value is -1.37. The summed E-state index contributed by atoms with van der Waals surface area (Å²) in [6, 6.07) is 7.05. The van der Waals surface area contributed by atoms with Gasteiger partial charge in [-0.15, -0.1) is 0 Å². The van der Waals surface area contributed by atoms with Gasteiger partial charge in [0.2, 0.25) is 0 Å². The Bertz CT molecular complexity index is 441. The quantitative estimate of drug-likeness (QED) is 0.617. The van der Waals surface area contributed by atoms with E-state index in [0.717, 1.165) is 0 Å². The van der Waals surface area contributed by atoms with Crippen molar-refractivity contribution >= 4 is 0 Å². The zero-order valence-electron chi connectivity index (χ0n) is 11.9. The summed E-state index contributed by atoms with van der Waals surface area (Å²) in [7, 11) is 0. The fraction of sp³-hybridized carbons (Fsp3) is 0.444. The van der Waals surface area contributed by atoms with Crippen molar-refractivity contribution in [3.63, 3.8) is 0 Å². The first-order valence-corrected chi connectivity index (χ1v) is 7.22. The SMILES string of the molecule is CC(C)=CC=CC1CCC(c2ccc(F)cc2)CC1. The highest BCUT2D eigenvalue weighted by molar-refractivity contribution is 5.21. The van der Waals surface area contributed by atoms with Gasteiger partial charge in [0.25, 0.3) is 0 Å². The van der Waals surface area contributed by atoms with Gasteiger partial charge < -0.3 is 0 Å². The Morgan fingerprint density at radius 2 is 1.68 bits per heavy atom. The lowest BCUT2D eigenvalue weighted by molar-refractivity contribution is 0.375. The molecule has 0 aliphatic heterocycles. The molecule has 2 rings (SSSR count). The smallest absolute Gasteiger partial charge is 0.123 e. The number of benzene rings is 1. The van der Waals surface area contributed by atoms with Crippen molar-refractivity contribution in [3.8, 4) is 0 Å². The van der Waals surface area contributed by atoms with Crippen LogP contribution >= 0.6 is 0 Å². The van der Waals surface area contributed by atoms with E-state index in [4.69, 9.17) is 0 Å². The van der Waals surface area contributed by atoms with E-state index in [-0.39, 0.29) is 5.82 Å². The second-order valence-electron chi connectivity index (χ2n) is 5.79. The molecule has 1 fully saturated rings. The molecule has 0 heterocycles. The van der Waals surface area contributed by atoms with Crippen molar-refractivity contribution in [3.05, 3.63) is 59.4 Å². The molecular weight excluding hydrogens is 235 g/mol. The second-order valence-corrected chi connectivity index (χ2v) is 5.79. The summed E-state index contributed by atoms with van der Waals surface area (Å²) < 4.78 is 12.9. The first-order valence-electron chi connectivity index (χ1n) is 7.22. The number of hydrogen-bond acceptors (Lipinski definition) is 0. The molecule has 1 heteroatoms. The molecule has 1 aliphatic rings. The number of halogens is 1. The molecule has 102 valence electrons. The summed E-state index contributed by atoms with van der Waals surface area (Å²) in [6.45, 7) is 4.24. The van der Waals surface area contributed by atoms with E-state index in [1.165, 1.54) is 36.8 Å². The van der Waals surface area contributed by atoms with Crippen molar-refractivity contribution in [1.29, 1.82) is 0 Å². The summed E-state index contributed by atoms with van der Waals surface area (Å²) in [4.78, 5) is 0. The Morgan fingerprint density at radius 3 is 2.26 bits per heavy atom. The van der Waals surface area contributed by atoms with Crippen LogP contribution in [0.4, 0.5) is 4.39 Å². The zero-order chi connectivity index (χ0) is 13.7. The third-order valence-corrected chi connectivity index (χ3v) is 3.93. The molecule has 0 nitrogen and oxygen atoms in total. The molecule has 0 aromatic heterocycles. The van der Waals surface area contributed by atoms with Crippen LogP contribution in [0.1, 0.15) is 51.0 Å². The van der Waals surface area contributed by atoms with Crippen LogP contribution in [0.15, 0.2) is 48.1 Å². The van der Waals surface area contributed by atoms with Crippen LogP contribution in [0.2, 0.25) is 0 Å². The fourth-order valence-electron chi connectivity index (χ4n) is 2.79. The molecule has 0 bridgehead atoms. The summed E-state index contributed by atoms with van der Waals surface area (Å²) >= 11 is 0. The summed E-state index contributed by atoms with van der Waals surface area (Å²) in [6.07, 6.45) is 11.6. The third-order valence-electron chi connectivity index (χ3n) is 3.93. The van der Waals surface area contributed by atoms with E-state index in [0.29, 0.717) is 11.8 Å². The maximum Gasteiger partial charge on any atom is 0.123 e. The number of allylic oxidation sites excluding steroid dienone is 4. The van der Waals surface area contributed by atoms with E-state index in [1.54, 1.807) is 12.1 Å². The molecule has 1 saturated carbocycles. The van der Waals surface area contributed by atoms with E-state index >= 15 is 0 Å². The lowest BCUT2D eigenvalue weighted by Gasteiger charge is -2.27. The van der Waals surface area contributed by atoms with E-state index < -0.39 is 0 Å². The van der Waals surface area contributed by atoms with Crippen molar-refractivity contribution in [2.45, 2.75) is 45.4 Å². The number of hydrogen-bond donors (Lipinski definition) is 0. The Morgan fingerprint density at radius 1 is 1.05 bits per heavy atom. The molecule has 1 aromatic carbocycles. The third kappa shape index (κ3) is 4.34. The molecule has 0 radical (unpaired) electrons. The minimum Gasteiger partial charge on any atom is -0.207 e. The van der Waals surface area contributed by atoms with Gasteiger partial charge >= 0.3 is 0 Å². The minimum atomic E-state index is -0.137. The predicted molar refractivity (Wildman–Crippen MR) is 79.7 cm³/mol. The monoisotopic (exact) mass is 258 g/mol. The highest BCUT2D eigenvalue weighted by Gasteiger charge is 2.20. The molecule has 0 atom stereocenters. The van der Waals surface area contributed by atoms with Crippen molar-refractivity contribution < 1.29 is 4.39 Å². The normalized spacial score (nSPS) is 23.5. The predicted octanol–water partition coefficient (Wildman–Crippen LogP) is 5.62. The van der Waals surface area contributed by atoms with Crippen LogP contribution < -0.4 is 0 Å². The van der Waals surface area contributed by atoms with E-state index in [2.05, 4.69) is 32.1 Å². The molecule has 0 N–H and O–H groups in total. The van der Waals surface area contributed by atoms with Crippen molar-refractivity contribution in [2.75, 3.05) is 0 Å². The summed E-state index contributed by atoms with van der Waals surface area (Å²) in [5, 5.41) is 0. The van der Waals surface area contributed by atoms with Gasteiger partial charge in [0.1, 0.15) is 5.82 Å². The average Bonchev–Trinajstić information content (AvgIpc) is 2.40. The van der Waals surface area contributed by atoms with E-state index in [9.17, 15) is 4.39 Å². The van der Waals surface area contributed by atoms with Gasteiger partial charge in [-0.3, -0.25) is 0 Å². The van der Waals surface area contributed by atoms with Crippen molar-refractivity contribution in [2.24, 2.45) is 5.92 Å². The van der Waals surface area contributed by atoms with Gasteiger partial charge in [-0.2, -0.15) is 0 Å². The Kier molecular flexibility index (Phi) is 4.95. The highest BCUT2D eigenvalue weighted by Crippen LogP contribution is 2.36. The van der Waals surface area contributed by atoms with Gasteiger partial charge in [-0.25, -0.2) is 4.39 Å². The van der Waals surface area contributed by atoms with Gasteiger partial charge in [-0.05, 0) is 69.1 Å². The van der Waals surface area contributed by atoms with Crippen LogP contribution in [0.3, 0.4) is 0 Å². The molecular formula is C18H23F. The molecule has 1 aliphatic carbocycles. The maximum atomic E-state index is 12.9. The topological polar surface area (TPSA) is 0 Å².